The summed E-state index contributed by atoms with van der Waals surface area (Å²) in [6.07, 6.45) is 1.53. The molecule has 0 saturated carbocycles. The maximum Gasteiger partial charge on any atom is 0.316 e. The molecule has 0 radical (unpaired) electrons. The van der Waals surface area contributed by atoms with Crippen molar-refractivity contribution < 1.29 is 18.7 Å². The molecule has 0 aliphatic carbocycles. The second-order valence-electron chi connectivity index (χ2n) is 4.12. The number of carbonyl (C=O) groups excluding carboxylic acids is 2. The molecule has 1 N–H and O–H groups in total. The van der Waals surface area contributed by atoms with Gasteiger partial charge in [-0.1, -0.05) is 18.2 Å². The number of hydrogen-bond donors (Lipinski definition) is 1. The van der Waals surface area contributed by atoms with Crippen molar-refractivity contribution in [1.82, 2.24) is 5.32 Å². The number of ether oxygens (including phenoxy) is 1. The van der Waals surface area contributed by atoms with Gasteiger partial charge in [-0.3, -0.25) is 9.59 Å². The first-order valence-corrected chi connectivity index (χ1v) is 7.35. The van der Waals surface area contributed by atoms with E-state index in [-0.39, 0.29) is 24.8 Å². The van der Waals surface area contributed by atoms with Crippen LogP contribution in [0.15, 0.2) is 58.0 Å². The summed E-state index contributed by atoms with van der Waals surface area (Å²) in [7, 11) is 0. The number of rotatable bonds is 7. The number of benzene rings is 1. The molecule has 0 atom stereocenters. The van der Waals surface area contributed by atoms with Gasteiger partial charge in [-0.25, -0.2) is 0 Å². The van der Waals surface area contributed by atoms with Gasteiger partial charge in [-0.15, -0.1) is 11.8 Å². The van der Waals surface area contributed by atoms with Crippen molar-refractivity contribution >= 4 is 23.6 Å². The molecule has 2 aromatic rings. The molecule has 0 saturated heterocycles. The molecule has 2 rings (SSSR count). The van der Waals surface area contributed by atoms with Gasteiger partial charge in [0.25, 0.3) is 5.91 Å². The van der Waals surface area contributed by atoms with E-state index in [0.29, 0.717) is 5.76 Å². The topological polar surface area (TPSA) is 68.5 Å². The normalized spacial score (nSPS) is 10.1. The maximum absolute atomic E-state index is 11.5. The average molecular weight is 305 g/mol. The Labute approximate surface area is 126 Å². The second-order valence-corrected chi connectivity index (χ2v) is 5.17. The molecule has 0 fully saturated rings. The zero-order valence-electron chi connectivity index (χ0n) is 11.3. The Kier molecular flexibility index (Phi) is 5.90. The number of thioether (sulfide) groups is 1. The van der Waals surface area contributed by atoms with Crippen LogP contribution in [0, 0.1) is 0 Å². The van der Waals surface area contributed by atoms with Gasteiger partial charge in [0.15, 0.2) is 6.61 Å². The smallest absolute Gasteiger partial charge is 0.316 e. The van der Waals surface area contributed by atoms with Crippen molar-refractivity contribution in [3.63, 3.8) is 0 Å². The minimum atomic E-state index is -0.419. The van der Waals surface area contributed by atoms with Crippen molar-refractivity contribution in [3.8, 4) is 0 Å². The van der Waals surface area contributed by atoms with Crippen LogP contribution in [0.4, 0.5) is 0 Å². The van der Waals surface area contributed by atoms with Crippen LogP contribution in [-0.2, 0) is 20.9 Å². The van der Waals surface area contributed by atoms with Crippen molar-refractivity contribution in [2.75, 3.05) is 12.4 Å². The molecule has 21 heavy (non-hydrogen) atoms. The van der Waals surface area contributed by atoms with Gasteiger partial charge in [0.05, 0.1) is 18.6 Å². The molecule has 0 aliphatic rings. The summed E-state index contributed by atoms with van der Waals surface area (Å²) in [5.41, 5.74) is 0. The largest absolute Gasteiger partial charge is 0.467 e. The van der Waals surface area contributed by atoms with E-state index >= 15 is 0 Å². The first-order chi connectivity index (χ1) is 10.2. The summed E-state index contributed by atoms with van der Waals surface area (Å²) in [5, 5.41) is 2.60. The Morgan fingerprint density at radius 1 is 1.14 bits per heavy atom. The third kappa shape index (κ3) is 5.74. The monoisotopic (exact) mass is 305 g/mol. The lowest BCUT2D eigenvalue weighted by atomic mass is 10.4. The Hall–Kier alpha value is -2.21. The fourth-order valence-corrected chi connectivity index (χ4v) is 2.21. The summed E-state index contributed by atoms with van der Waals surface area (Å²) in [4.78, 5) is 24.0. The molecule has 110 valence electrons. The van der Waals surface area contributed by atoms with E-state index in [1.54, 1.807) is 12.1 Å². The minimum Gasteiger partial charge on any atom is -0.467 e. The van der Waals surface area contributed by atoms with Crippen LogP contribution in [0.5, 0.6) is 0 Å². The fraction of sp³-hybridized carbons (Fsp3) is 0.200. The van der Waals surface area contributed by atoms with E-state index in [1.165, 1.54) is 18.0 Å². The maximum atomic E-state index is 11.5. The number of carbonyl (C=O) groups is 2. The van der Waals surface area contributed by atoms with E-state index < -0.39 is 5.97 Å². The van der Waals surface area contributed by atoms with Gasteiger partial charge >= 0.3 is 5.97 Å². The highest BCUT2D eigenvalue weighted by molar-refractivity contribution is 8.00. The van der Waals surface area contributed by atoms with Crippen LogP contribution < -0.4 is 5.32 Å². The van der Waals surface area contributed by atoms with Gasteiger partial charge in [-0.05, 0) is 24.3 Å². The van der Waals surface area contributed by atoms with E-state index in [0.717, 1.165) is 4.90 Å². The Balaban J connectivity index is 1.61. The van der Waals surface area contributed by atoms with Gasteiger partial charge in [-0.2, -0.15) is 0 Å². The average Bonchev–Trinajstić information content (AvgIpc) is 3.03. The van der Waals surface area contributed by atoms with Crippen molar-refractivity contribution in [2.24, 2.45) is 0 Å². The zero-order chi connectivity index (χ0) is 14.9. The molecule has 0 bridgehead atoms. The lowest BCUT2D eigenvalue weighted by molar-refractivity contribution is -0.146. The Morgan fingerprint density at radius 3 is 2.67 bits per heavy atom. The minimum absolute atomic E-state index is 0.176. The summed E-state index contributed by atoms with van der Waals surface area (Å²) >= 11 is 1.37. The number of hydrogen-bond acceptors (Lipinski definition) is 5. The number of furan rings is 1. The SMILES string of the molecule is O=C(COC(=O)CSc1ccccc1)NCc1ccco1. The number of nitrogens with one attached hydrogen (secondary N) is 1. The van der Waals surface area contributed by atoms with E-state index in [4.69, 9.17) is 9.15 Å². The van der Waals surface area contributed by atoms with Crippen molar-refractivity contribution in [3.05, 3.63) is 54.5 Å². The molecule has 1 aromatic carbocycles. The van der Waals surface area contributed by atoms with Crippen LogP contribution in [0.1, 0.15) is 5.76 Å². The predicted octanol–water partition coefficient (Wildman–Crippen LogP) is 2.23. The summed E-state index contributed by atoms with van der Waals surface area (Å²) in [5.74, 6) is 0.0472. The van der Waals surface area contributed by atoms with Gasteiger partial charge < -0.3 is 14.5 Å². The molecule has 1 aromatic heterocycles. The van der Waals surface area contributed by atoms with Crippen LogP contribution >= 0.6 is 11.8 Å². The molecule has 1 heterocycles. The van der Waals surface area contributed by atoms with E-state index in [2.05, 4.69) is 5.32 Å². The molecule has 0 aliphatic heterocycles. The lowest BCUT2D eigenvalue weighted by Crippen LogP contribution is -2.28. The fourth-order valence-electron chi connectivity index (χ4n) is 1.50. The molecule has 6 heteroatoms. The third-order valence-corrected chi connectivity index (χ3v) is 3.49. The molecule has 0 unspecified atom stereocenters. The van der Waals surface area contributed by atoms with Crippen LogP contribution in [0.25, 0.3) is 0 Å². The summed E-state index contributed by atoms with van der Waals surface area (Å²) in [6, 6.07) is 13.0. The highest BCUT2D eigenvalue weighted by atomic mass is 32.2. The standard InChI is InChI=1S/C15H15NO4S/c17-14(16-9-12-5-4-8-19-12)10-20-15(18)11-21-13-6-2-1-3-7-13/h1-8H,9-11H2,(H,16,17). The first kappa shape index (κ1) is 15.2. The van der Waals surface area contributed by atoms with E-state index in [9.17, 15) is 9.59 Å². The van der Waals surface area contributed by atoms with Crippen LogP contribution in [0.2, 0.25) is 0 Å². The summed E-state index contributed by atoms with van der Waals surface area (Å²) in [6.45, 7) is -0.00294. The zero-order valence-corrected chi connectivity index (χ0v) is 12.1. The van der Waals surface area contributed by atoms with Crippen molar-refractivity contribution in [1.29, 1.82) is 0 Å². The predicted molar refractivity (Wildman–Crippen MR) is 78.7 cm³/mol. The highest BCUT2D eigenvalue weighted by Gasteiger charge is 2.08. The van der Waals surface area contributed by atoms with Gasteiger partial charge in [0.2, 0.25) is 0 Å². The number of esters is 1. The quantitative estimate of drug-likeness (QED) is 0.627. The molecule has 0 spiro atoms. The van der Waals surface area contributed by atoms with Gasteiger partial charge in [0.1, 0.15) is 5.76 Å². The van der Waals surface area contributed by atoms with Crippen LogP contribution in [-0.4, -0.2) is 24.2 Å². The lowest BCUT2D eigenvalue weighted by Gasteiger charge is -2.05. The third-order valence-electron chi connectivity index (χ3n) is 2.50. The highest BCUT2D eigenvalue weighted by Crippen LogP contribution is 2.16. The molecule has 5 nitrogen and oxygen atoms in total. The molecular weight excluding hydrogens is 290 g/mol. The summed E-state index contributed by atoms with van der Waals surface area (Å²) < 4.78 is 9.96. The Bertz CT molecular complexity index is 569. The molecule has 1 amide bonds. The van der Waals surface area contributed by atoms with Crippen LogP contribution in [0.3, 0.4) is 0 Å². The van der Waals surface area contributed by atoms with Crippen molar-refractivity contribution in [2.45, 2.75) is 11.4 Å². The Morgan fingerprint density at radius 2 is 1.95 bits per heavy atom. The second kappa shape index (κ2) is 8.16. The molecular formula is C15H15NO4S. The van der Waals surface area contributed by atoms with E-state index in [1.807, 2.05) is 30.3 Å². The number of amides is 1. The first-order valence-electron chi connectivity index (χ1n) is 6.36. The van der Waals surface area contributed by atoms with Gasteiger partial charge in [0, 0.05) is 4.90 Å².